The third-order valence-electron chi connectivity index (χ3n) is 5.63. The molecule has 1 unspecified atom stereocenters. The van der Waals surface area contributed by atoms with Crippen LogP contribution in [0.15, 0.2) is 54.6 Å². The van der Waals surface area contributed by atoms with Gasteiger partial charge in [-0.05, 0) is 42.0 Å². The molecule has 194 valence electrons. The Labute approximate surface area is 208 Å². The molecule has 0 heterocycles. The Balaban J connectivity index is 2.00. The number of hydrogen-bond acceptors (Lipinski definition) is 7. The number of rotatable bonds is 15. The molecular formula is C26H38N2O6S. The van der Waals surface area contributed by atoms with Gasteiger partial charge in [0.25, 0.3) is 0 Å². The Hall–Kier alpha value is -2.46. The normalized spacial score (nSPS) is 14.3. The molecule has 2 aromatic carbocycles. The molecule has 2 aromatic rings. The zero-order valence-electron chi connectivity index (χ0n) is 20.7. The molecule has 35 heavy (non-hydrogen) atoms. The third kappa shape index (κ3) is 10.8. The van der Waals surface area contributed by atoms with Crippen molar-refractivity contribution < 1.29 is 28.2 Å². The van der Waals surface area contributed by atoms with Gasteiger partial charge in [-0.25, -0.2) is 8.42 Å². The summed E-state index contributed by atoms with van der Waals surface area (Å²) in [5, 5.41) is 27.0. The van der Waals surface area contributed by atoms with Crippen molar-refractivity contribution in [3.05, 3.63) is 65.7 Å². The van der Waals surface area contributed by atoms with Crippen molar-refractivity contribution in [2.75, 3.05) is 25.2 Å². The van der Waals surface area contributed by atoms with E-state index >= 15 is 0 Å². The Morgan fingerprint density at radius 3 is 2.37 bits per heavy atom. The minimum atomic E-state index is -3.58. The topological polar surface area (TPSA) is 125 Å². The second-order valence-electron chi connectivity index (χ2n) is 9.17. The highest BCUT2D eigenvalue weighted by molar-refractivity contribution is 7.91. The number of methoxy groups -OCH3 is 1. The average molecular weight is 507 g/mol. The molecule has 0 aliphatic heterocycles. The summed E-state index contributed by atoms with van der Waals surface area (Å²) in [6, 6.07) is 16.2. The van der Waals surface area contributed by atoms with Gasteiger partial charge in [-0.1, -0.05) is 56.3 Å². The SMILES string of the molecule is COc1cccc(CNC[C@H](O)[C@H](Cc2ccccc2)NC(=O)C(O)CS(=O)(=O)CCC(C)C)c1. The average Bonchev–Trinajstić information content (AvgIpc) is 2.82. The van der Waals surface area contributed by atoms with Crippen LogP contribution in [0.4, 0.5) is 0 Å². The van der Waals surface area contributed by atoms with Crippen molar-refractivity contribution in [3.63, 3.8) is 0 Å². The molecule has 9 heteroatoms. The Morgan fingerprint density at radius 2 is 1.71 bits per heavy atom. The summed E-state index contributed by atoms with van der Waals surface area (Å²) < 4.78 is 29.8. The van der Waals surface area contributed by atoms with Crippen molar-refractivity contribution in [3.8, 4) is 5.75 Å². The molecule has 0 spiro atoms. The quantitative estimate of drug-likeness (QED) is 0.290. The van der Waals surface area contributed by atoms with Crippen molar-refractivity contribution in [2.24, 2.45) is 5.92 Å². The van der Waals surface area contributed by atoms with Crippen LogP contribution in [-0.4, -0.2) is 67.9 Å². The maximum Gasteiger partial charge on any atom is 0.250 e. The van der Waals surface area contributed by atoms with Crippen LogP contribution in [0.3, 0.4) is 0 Å². The fourth-order valence-electron chi connectivity index (χ4n) is 3.53. The summed E-state index contributed by atoms with van der Waals surface area (Å²) in [5.74, 6) is -0.611. The summed E-state index contributed by atoms with van der Waals surface area (Å²) in [4.78, 5) is 12.7. The highest BCUT2D eigenvalue weighted by Gasteiger charge is 2.28. The summed E-state index contributed by atoms with van der Waals surface area (Å²) in [6.45, 7) is 4.49. The summed E-state index contributed by atoms with van der Waals surface area (Å²) >= 11 is 0. The maximum absolute atomic E-state index is 12.7. The molecule has 0 aromatic heterocycles. The van der Waals surface area contributed by atoms with Gasteiger partial charge in [-0.2, -0.15) is 0 Å². The van der Waals surface area contributed by atoms with E-state index in [1.165, 1.54) is 0 Å². The molecule has 0 aliphatic rings. The number of amides is 1. The van der Waals surface area contributed by atoms with Gasteiger partial charge < -0.3 is 25.6 Å². The Kier molecular flexibility index (Phi) is 11.7. The van der Waals surface area contributed by atoms with Crippen LogP contribution >= 0.6 is 0 Å². The zero-order chi connectivity index (χ0) is 25.8. The summed E-state index contributed by atoms with van der Waals surface area (Å²) in [6.07, 6.45) is -1.90. The van der Waals surface area contributed by atoms with E-state index in [1.54, 1.807) is 7.11 Å². The van der Waals surface area contributed by atoms with Gasteiger partial charge in [0.15, 0.2) is 9.84 Å². The largest absolute Gasteiger partial charge is 0.497 e. The monoisotopic (exact) mass is 506 g/mol. The van der Waals surface area contributed by atoms with Gasteiger partial charge in [0.05, 0.1) is 30.8 Å². The lowest BCUT2D eigenvalue weighted by molar-refractivity contribution is -0.129. The number of hydrogen-bond donors (Lipinski definition) is 4. The van der Waals surface area contributed by atoms with Gasteiger partial charge in [0, 0.05) is 13.1 Å². The number of aliphatic hydroxyl groups is 2. The van der Waals surface area contributed by atoms with Gasteiger partial charge in [0.2, 0.25) is 5.91 Å². The van der Waals surface area contributed by atoms with E-state index in [2.05, 4.69) is 10.6 Å². The van der Waals surface area contributed by atoms with Crippen LogP contribution in [-0.2, 0) is 27.6 Å². The fourth-order valence-corrected chi connectivity index (χ4v) is 5.16. The number of aliphatic hydroxyl groups excluding tert-OH is 2. The summed E-state index contributed by atoms with van der Waals surface area (Å²) in [7, 11) is -1.99. The van der Waals surface area contributed by atoms with Crippen LogP contribution in [0.2, 0.25) is 0 Å². The first-order valence-corrected chi connectivity index (χ1v) is 13.7. The molecule has 0 fully saturated rings. The van der Waals surface area contributed by atoms with Crippen LogP contribution in [0.5, 0.6) is 5.75 Å². The molecular weight excluding hydrogens is 468 g/mol. The van der Waals surface area contributed by atoms with E-state index in [0.717, 1.165) is 16.9 Å². The molecule has 0 bridgehead atoms. The number of carbonyl (C=O) groups is 1. The first-order chi connectivity index (χ1) is 16.6. The molecule has 0 saturated carbocycles. The predicted octanol–water partition coefficient (Wildman–Crippen LogP) is 1.69. The highest BCUT2D eigenvalue weighted by Crippen LogP contribution is 2.13. The van der Waals surface area contributed by atoms with Crippen molar-refractivity contribution >= 4 is 15.7 Å². The van der Waals surface area contributed by atoms with Crippen LogP contribution in [0.25, 0.3) is 0 Å². The number of benzene rings is 2. The van der Waals surface area contributed by atoms with Gasteiger partial charge in [-0.3, -0.25) is 4.79 Å². The summed E-state index contributed by atoms with van der Waals surface area (Å²) in [5.41, 5.74) is 1.87. The van der Waals surface area contributed by atoms with E-state index < -0.39 is 39.7 Å². The fraction of sp³-hybridized carbons (Fsp3) is 0.500. The Morgan fingerprint density at radius 1 is 1.03 bits per heavy atom. The standard InChI is InChI=1S/C26H38N2O6S/c1-19(2)12-13-35(32,33)18-25(30)26(31)28-23(15-20-8-5-4-6-9-20)24(29)17-27-16-21-10-7-11-22(14-21)34-3/h4-11,14,19,23-25,27,29-30H,12-13,15-18H2,1-3H3,(H,28,31)/t23-,24-,25?/m0/s1. The lowest BCUT2D eigenvalue weighted by Crippen LogP contribution is -2.52. The predicted molar refractivity (Wildman–Crippen MR) is 137 cm³/mol. The van der Waals surface area contributed by atoms with E-state index in [9.17, 15) is 23.4 Å². The van der Waals surface area contributed by atoms with Gasteiger partial charge in [-0.15, -0.1) is 0 Å². The molecule has 4 N–H and O–H groups in total. The molecule has 1 amide bonds. The van der Waals surface area contributed by atoms with Crippen molar-refractivity contribution in [1.82, 2.24) is 10.6 Å². The van der Waals surface area contributed by atoms with E-state index in [4.69, 9.17) is 4.74 Å². The maximum atomic E-state index is 12.7. The van der Waals surface area contributed by atoms with Gasteiger partial charge in [0.1, 0.15) is 11.9 Å². The number of ether oxygens (including phenoxy) is 1. The first-order valence-electron chi connectivity index (χ1n) is 11.8. The van der Waals surface area contributed by atoms with E-state index in [0.29, 0.717) is 19.4 Å². The second kappa shape index (κ2) is 14.2. The number of carbonyl (C=O) groups excluding carboxylic acids is 1. The van der Waals surface area contributed by atoms with Crippen molar-refractivity contribution in [1.29, 1.82) is 0 Å². The third-order valence-corrected chi connectivity index (χ3v) is 7.31. The molecule has 3 atom stereocenters. The molecule has 0 saturated heterocycles. The number of nitrogens with one attached hydrogen (secondary N) is 2. The first kappa shape index (κ1) is 28.8. The molecule has 8 nitrogen and oxygen atoms in total. The van der Waals surface area contributed by atoms with Gasteiger partial charge >= 0.3 is 0 Å². The van der Waals surface area contributed by atoms with Crippen LogP contribution < -0.4 is 15.4 Å². The minimum Gasteiger partial charge on any atom is -0.497 e. The minimum absolute atomic E-state index is 0.0841. The smallest absolute Gasteiger partial charge is 0.250 e. The number of sulfone groups is 1. The lowest BCUT2D eigenvalue weighted by Gasteiger charge is -2.26. The molecule has 0 radical (unpaired) electrons. The zero-order valence-corrected chi connectivity index (χ0v) is 21.5. The van der Waals surface area contributed by atoms with Crippen LogP contribution in [0.1, 0.15) is 31.4 Å². The van der Waals surface area contributed by atoms with E-state index in [-0.39, 0.29) is 18.2 Å². The molecule has 0 aliphatic carbocycles. The van der Waals surface area contributed by atoms with Crippen molar-refractivity contribution in [2.45, 2.75) is 51.5 Å². The molecule has 2 rings (SSSR count). The second-order valence-corrected chi connectivity index (χ2v) is 11.4. The lowest BCUT2D eigenvalue weighted by atomic mass is 10.0. The van der Waals surface area contributed by atoms with Crippen LogP contribution in [0, 0.1) is 5.92 Å². The van der Waals surface area contributed by atoms with E-state index in [1.807, 2.05) is 68.4 Å². The highest BCUT2D eigenvalue weighted by atomic mass is 32.2. The Bertz CT molecular complexity index is 1010.